The Morgan fingerprint density at radius 1 is 1.23 bits per heavy atom. The van der Waals surface area contributed by atoms with Crippen molar-refractivity contribution in [3.63, 3.8) is 0 Å². The van der Waals surface area contributed by atoms with Crippen LogP contribution in [0.15, 0.2) is 30.5 Å². The van der Waals surface area contributed by atoms with Crippen molar-refractivity contribution >= 4 is 11.8 Å². The van der Waals surface area contributed by atoms with Gasteiger partial charge >= 0.3 is 0 Å². The van der Waals surface area contributed by atoms with Gasteiger partial charge in [-0.25, -0.2) is 4.68 Å². The zero-order valence-corrected chi connectivity index (χ0v) is 13.0. The molecule has 0 aliphatic heterocycles. The molecule has 22 heavy (non-hydrogen) atoms. The number of carbonyl (C=O) groups is 2. The molecule has 116 valence electrons. The van der Waals surface area contributed by atoms with E-state index >= 15 is 0 Å². The fourth-order valence-electron chi connectivity index (χ4n) is 2.14. The van der Waals surface area contributed by atoms with E-state index in [9.17, 15) is 9.59 Å². The smallest absolute Gasteiger partial charge is 0.273 e. The predicted molar refractivity (Wildman–Crippen MR) is 83.6 cm³/mol. The third-order valence-corrected chi connectivity index (χ3v) is 3.29. The Balaban J connectivity index is 2.14. The standard InChI is InChI=1S/C16H20N4O2/c1-4-6-15(21)18-19-16(22)14-10-17-20(12(14)3)13-8-5-7-11(2)9-13/h5,7-10H,4,6H2,1-3H3,(H,18,21)(H,19,22). The van der Waals surface area contributed by atoms with Crippen LogP contribution in [-0.2, 0) is 4.79 Å². The van der Waals surface area contributed by atoms with Crippen molar-refractivity contribution in [3.05, 3.63) is 47.3 Å². The van der Waals surface area contributed by atoms with Crippen LogP contribution in [-0.4, -0.2) is 21.6 Å². The lowest BCUT2D eigenvalue weighted by molar-refractivity contribution is -0.121. The predicted octanol–water partition coefficient (Wildman–Crippen LogP) is 2.05. The molecule has 0 unspecified atom stereocenters. The molecule has 1 aromatic carbocycles. The Morgan fingerprint density at radius 3 is 2.68 bits per heavy atom. The first-order valence-electron chi connectivity index (χ1n) is 7.23. The Labute approximate surface area is 129 Å². The summed E-state index contributed by atoms with van der Waals surface area (Å²) in [5.41, 5.74) is 7.96. The second-order valence-electron chi connectivity index (χ2n) is 5.15. The van der Waals surface area contributed by atoms with Crippen molar-refractivity contribution < 1.29 is 9.59 Å². The van der Waals surface area contributed by atoms with Gasteiger partial charge in [-0.15, -0.1) is 0 Å². The van der Waals surface area contributed by atoms with Gasteiger partial charge in [0.1, 0.15) is 0 Å². The molecule has 6 heteroatoms. The molecule has 0 saturated carbocycles. The van der Waals surface area contributed by atoms with Crippen LogP contribution in [0.3, 0.4) is 0 Å². The van der Waals surface area contributed by atoms with Crippen LogP contribution in [0.4, 0.5) is 0 Å². The summed E-state index contributed by atoms with van der Waals surface area (Å²) < 4.78 is 1.70. The molecule has 1 heterocycles. The molecule has 0 fully saturated rings. The first-order chi connectivity index (χ1) is 10.5. The van der Waals surface area contributed by atoms with Gasteiger partial charge in [-0.1, -0.05) is 19.1 Å². The first kappa shape index (κ1) is 15.8. The summed E-state index contributed by atoms with van der Waals surface area (Å²) in [7, 11) is 0. The van der Waals surface area contributed by atoms with Crippen LogP contribution in [0.2, 0.25) is 0 Å². The Morgan fingerprint density at radius 2 is 2.00 bits per heavy atom. The second kappa shape index (κ2) is 6.89. The van der Waals surface area contributed by atoms with Crippen molar-refractivity contribution in [1.82, 2.24) is 20.6 Å². The van der Waals surface area contributed by atoms with E-state index in [1.807, 2.05) is 45.0 Å². The third-order valence-electron chi connectivity index (χ3n) is 3.29. The molecule has 6 nitrogen and oxygen atoms in total. The van der Waals surface area contributed by atoms with Crippen LogP contribution >= 0.6 is 0 Å². The molecule has 0 spiro atoms. The van der Waals surface area contributed by atoms with Crippen LogP contribution in [0.1, 0.15) is 41.4 Å². The van der Waals surface area contributed by atoms with Crippen molar-refractivity contribution in [2.45, 2.75) is 33.6 Å². The maximum Gasteiger partial charge on any atom is 0.273 e. The summed E-state index contributed by atoms with van der Waals surface area (Å²) in [5.74, 6) is -0.583. The first-order valence-corrected chi connectivity index (χ1v) is 7.23. The fraction of sp³-hybridized carbons (Fsp3) is 0.312. The number of rotatable bonds is 4. The summed E-state index contributed by atoms with van der Waals surface area (Å²) in [6.45, 7) is 5.72. The van der Waals surface area contributed by atoms with E-state index in [1.165, 1.54) is 6.20 Å². The minimum atomic E-state index is -0.374. The number of hydrazine groups is 1. The zero-order chi connectivity index (χ0) is 16.1. The molecular weight excluding hydrogens is 280 g/mol. The number of hydrogen-bond acceptors (Lipinski definition) is 3. The largest absolute Gasteiger partial charge is 0.273 e. The summed E-state index contributed by atoms with van der Waals surface area (Å²) in [6, 6.07) is 7.86. The monoisotopic (exact) mass is 300 g/mol. The van der Waals surface area contributed by atoms with Crippen molar-refractivity contribution in [2.75, 3.05) is 0 Å². The number of aromatic nitrogens is 2. The van der Waals surface area contributed by atoms with E-state index in [1.54, 1.807) is 4.68 Å². The Kier molecular flexibility index (Phi) is 4.93. The molecule has 2 aromatic rings. The number of amides is 2. The van der Waals surface area contributed by atoms with Crippen LogP contribution in [0.25, 0.3) is 5.69 Å². The van der Waals surface area contributed by atoms with E-state index in [0.717, 1.165) is 17.7 Å². The minimum Gasteiger partial charge on any atom is -0.273 e. The molecule has 2 rings (SSSR count). The molecule has 0 bridgehead atoms. The highest BCUT2D eigenvalue weighted by molar-refractivity contribution is 5.96. The second-order valence-corrected chi connectivity index (χ2v) is 5.15. The highest BCUT2D eigenvalue weighted by atomic mass is 16.2. The summed E-state index contributed by atoms with van der Waals surface area (Å²) in [6.07, 6.45) is 2.60. The van der Waals surface area contributed by atoms with Gasteiger partial charge in [-0.2, -0.15) is 5.10 Å². The SMILES string of the molecule is CCCC(=O)NNC(=O)c1cnn(-c2cccc(C)c2)c1C. The highest BCUT2D eigenvalue weighted by Gasteiger charge is 2.15. The van der Waals surface area contributed by atoms with E-state index in [0.29, 0.717) is 17.7 Å². The maximum atomic E-state index is 12.1. The minimum absolute atomic E-state index is 0.209. The van der Waals surface area contributed by atoms with Gasteiger partial charge in [0.05, 0.1) is 23.1 Å². The molecule has 0 aliphatic carbocycles. The topological polar surface area (TPSA) is 76.0 Å². The zero-order valence-electron chi connectivity index (χ0n) is 13.0. The van der Waals surface area contributed by atoms with Crippen LogP contribution < -0.4 is 10.9 Å². The Bertz CT molecular complexity index is 691. The van der Waals surface area contributed by atoms with Gasteiger partial charge in [0.2, 0.25) is 5.91 Å². The molecule has 0 radical (unpaired) electrons. The number of benzene rings is 1. The van der Waals surface area contributed by atoms with E-state index in [4.69, 9.17) is 0 Å². The Hall–Kier alpha value is -2.63. The lowest BCUT2D eigenvalue weighted by Crippen LogP contribution is -2.41. The third kappa shape index (κ3) is 3.52. The maximum absolute atomic E-state index is 12.1. The molecule has 2 N–H and O–H groups in total. The molecule has 0 aliphatic rings. The normalized spacial score (nSPS) is 10.3. The summed E-state index contributed by atoms with van der Waals surface area (Å²) in [5, 5.41) is 4.25. The average Bonchev–Trinajstić information content (AvgIpc) is 2.87. The van der Waals surface area contributed by atoms with E-state index < -0.39 is 0 Å². The van der Waals surface area contributed by atoms with Gasteiger partial charge < -0.3 is 0 Å². The van der Waals surface area contributed by atoms with Gasteiger partial charge in [-0.05, 0) is 38.0 Å². The molecular formula is C16H20N4O2. The van der Waals surface area contributed by atoms with Gasteiger partial charge in [0, 0.05) is 6.42 Å². The van der Waals surface area contributed by atoms with Crippen LogP contribution in [0, 0.1) is 13.8 Å². The number of nitrogens with zero attached hydrogens (tertiary/aromatic N) is 2. The molecule has 0 saturated heterocycles. The van der Waals surface area contributed by atoms with Crippen molar-refractivity contribution in [1.29, 1.82) is 0 Å². The quantitative estimate of drug-likeness (QED) is 0.849. The average molecular weight is 300 g/mol. The van der Waals surface area contributed by atoms with Gasteiger partial charge in [-0.3, -0.25) is 20.4 Å². The summed E-state index contributed by atoms with van der Waals surface area (Å²) in [4.78, 5) is 23.5. The molecule has 2 amide bonds. The van der Waals surface area contributed by atoms with Crippen molar-refractivity contribution in [2.24, 2.45) is 0 Å². The molecule has 0 atom stereocenters. The van der Waals surface area contributed by atoms with Crippen LogP contribution in [0.5, 0.6) is 0 Å². The van der Waals surface area contributed by atoms with Gasteiger partial charge in [0.15, 0.2) is 0 Å². The van der Waals surface area contributed by atoms with Crippen molar-refractivity contribution in [3.8, 4) is 5.69 Å². The number of hydrogen-bond donors (Lipinski definition) is 2. The fourth-order valence-corrected chi connectivity index (χ4v) is 2.14. The van der Waals surface area contributed by atoms with E-state index in [-0.39, 0.29) is 11.8 Å². The summed E-state index contributed by atoms with van der Waals surface area (Å²) >= 11 is 0. The number of carbonyl (C=O) groups excluding carboxylic acids is 2. The van der Waals surface area contributed by atoms with E-state index in [2.05, 4.69) is 16.0 Å². The van der Waals surface area contributed by atoms with Gasteiger partial charge in [0.25, 0.3) is 5.91 Å². The number of nitrogens with one attached hydrogen (secondary N) is 2. The lowest BCUT2D eigenvalue weighted by Gasteiger charge is -2.08. The highest BCUT2D eigenvalue weighted by Crippen LogP contribution is 2.15. The lowest BCUT2D eigenvalue weighted by atomic mass is 10.2. The number of aryl methyl sites for hydroxylation is 1. The molecule has 1 aromatic heterocycles.